The Morgan fingerprint density at radius 1 is 1.00 bits per heavy atom. The van der Waals surface area contributed by atoms with Gasteiger partial charge in [0.25, 0.3) is 0 Å². The predicted octanol–water partition coefficient (Wildman–Crippen LogP) is -2.33. The van der Waals surface area contributed by atoms with E-state index >= 15 is 0 Å². The molecule has 0 aliphatic rings. The summed E-state index contributed by atoms with van der Waals surface area (Å²) < 4.78 is 0. The Labute approximate surface area is 72.7 Å². The van der Waals surface area contributed by atoms with Crippen LogP contribution in [-0.4, -0.2) is 11.9 Å². The quantitative estimate of drug-likeness (QED) is 0.478. The Morgan fingerprint density at radius 3 is 1.00 bits per heavy atom. The number of carboxylic acids is 2. The average Bonchev–Trinajstić information content (AvgIpc) is 1.25. The van der Waals surface area contributed by atoms with E-state index in [1.54, 1.807) is 0 Å². The Morgan fingerprint density at radius 2 is 1.00 bits per heavy atom. The molecule has 0 radical (unpaired) electrons. The molecule has 0 aliphatic carbocycles. The SMILES string of the molecule is CC(=O)[O-].CC(=O)[O-].N.[Pd+2]. The van der Waals surface area contributed by atoms with Crippen molar-refractivity contribution in [2.75, 3.05) is 0 Å². The Hall–Kier alpha value is -0.438. The maximum Gasteiger partial charge on any atom is 2.00 e. The molecule has 0 amide bonds. The molecule has 5 nitrogen and oxygen atoms in total. The molecule has 0 saturated carbocycles. The molecule has 10 heavy (non-hydrogen) atoms. The van der Waals surface area contributed by atoms with Gasteiger partial charge >= 0.3 is 20.4 Å². The van der Waals surface area contributed by atoms with Gasteiger partial charge in [-0.25, -0.2) is 0 Å². The van der Waals surface area contributed by atoms with Gasteiger partial charge in [0, 0.05) is 11.9 Å². The topological polar surface area (TPSA) is 115 Å². The molecule has 0 saturated heterocycles. The second-order valence-electron chi connectivity index (χ2n) is 0.983. The van der Waals surface area contributed by atoms with Crippen molar-refractivity contribution < 1.29 is 40.2 Å². The number of carbonyl (C=O) groups is 2. The molecule has 6 heteroatoms. The zero-order chi connectivity index (χ0) is 7.15. The van der Waals surface area contributed by atoms with E-state index in [0.717, 1.165) is 13.8 Å². The van der Waals surface area contributed by atoms with Crippen LogP contribution in [0, 0.1) is 0 Å². The van der Waals surface area contributed by atoms with Crippen LogP contribution in [0.4, 0.5) is 0 Å². The van der Waals surface area contributed by atoms with Gasteiger partial charge in [0.1, 0.15) is 0 Å². The molecule has 0 bridgehead atoms. The van der Waals surface area contributed by atoms with Crippen molar-refractivity contribution in [3.8, 4) is 0 Å². The van der Waals surface area contributed by atoms with Gasteiger partial charge in [-0.05, 0) is 13.8 Å². The van der Waals surface area contributed by atoms with Crippen LogP contribution in [0.2, 0.25) is 0 Å². The van der Waals surface area contributed by atoms with Crippen LogP contribution in [0.5, 0.6) is 0 Å². The van der Waals surface area contributed by atoms with E-state index in [1.807, 2.05) is 0 Å². The second kappa shape index (κ2) is 15.8. The van der Waals surface area contributed by atoms with Gasteiger partial charge in [-0.2, -0.15) is 0 Å². The molecule has 0 aromatic carbocycles. The van der Waals surface area contributed by atoms with Gasteiger partial charge in [-0.1, -0.05) is 0 Å². The summed E-state index contributed by atoms with van der Waals surface area (Å²) in [5.41, 5.74) is 0. The minimum Gasteiger partial charge on any atom is -0.550 e. The van der Waals surface area contributed by atoms with Gasteiger partial charge in [0.15, 0.2) is 0 Å². The first-order valence-corrected chi connectivity index (χ1v) is 1.82. The Bertz CT molecular complexity index is 75.3. The van der Waals surface area contributed by atoms with Crippen molar-refractivity contribution in [1.29, 1.82) is 0 Å². The first-order chi connectivity index (χ1) is 3.46. The molecule has 0 aromatic rings. The molecule has 0 aromatic heterocycles. The molecule has 0 aliphatic heterocycles. The standard InChI is InChI=1S/2C2H4O2.H3N.Pd/c2*1-2(3)4;;/h2*1H3,(H,3,4);1H3;/q;;;+2/p-2. The minimum absolute atomic E-state index is 0. The molecule has 0 fully saturated rings. The molecule has 0 spiro atoms. The first-order valence-electron chi connectivity index (χ1n) is 1.82. The third-order valence-corrected chi connectivity index (χ3v) is 0. The number of aliphatic carboxylic acids is 2. The van der Waals surface area contributed by atoms with Crippen LogP contribution in [0.1, 0.15) is 13.8 Å². The van der Waals surface area contributed by atoms with Crippen LogP contribution < -0.4 is 16.4 Å². The molecule has 3 N–H and O–H groups in total. The molecule has 0 atom stereocenters. The third kappa shape index (κ3) is 1700. The summed E-state index contributed by atoms with van der Waals surface area (Å²) in [5, 5.41) is 17.8. The fourth-order valence-electron chi connectivity index (χ4n) is 0. The van der Waals surface area contributed by atoms with Gasteiger partial charge in [0.2, 0.25) is 0 Å². The van der Waals surface area contributed by atoms with Gasteiger partial charge in [0.05, 0.1) is 0 Å². The smallest absolute Gasteiger partial charge is 0.550 e. The van der Waals surface area contributed by atoms with E-state index in [0.29, 0.717) is 0 Å². The molecule has 0 rings (SSSR count). The van der Waals surface area contributed by atoms with Crippen LogP contribution in [0.15, 0.2) is 0 Å². The number of carbonyl (C=O) groups excluding carboxylic acids is 2. The van der Waals surface area contributed by atoms with Crippen LogP contribution >= 0.6 is 0 Å². The van der Waals surface area contributed by atoms with E-state index in [9.17, 15) is 0 Å². The number of hydrogen-bond acceptors (Lipinski definition) is 5. The molecular formula is C4H9NO4Pd. The van der Waals surface area contributed by atoms with E-state index in [4.69, 9.17) is 19.8 Å². The summed E-state index contributed by atoms with van der Waals surface area (Å²) in [6.07, 6.45) is 0. The predicted molar refractivity (Wildman–Crippen MR) is 26.4 cm³/mol. The molecule has 64 valence electrons. The monoisotopic (exact) mass is 241 g/mol. The molecule has 0 heterocycles. The summed E-state index contributed by atoms with van der Waals surface area (Å²) in [6.45, 7) is 1.94. The molecular weight excluding hydrogens is 232 g/mol. The van der Waals surface area contributed by atoms with Gasteiger partial charge in [-0.15, -0.1) is 0 Å². The zero-order valence-corrected chi connectivity index (χ0v) is 7.21. The van der Waals surface area contributed by atoms with Crippen molar-refractivity contribution in [1.82, 2.24) is 6.15 Å². The summed E-state index contributed by atoms with van der Waals surface area (Å²) in [4.78, 5) is 17.8. The molecule has 0 unspecified atom stereocenters. The zero-order valence-electron chi connectivity index (χ0n) is 5.66. The van der Waals surface area contributed by atoms with Crippen LogP contribution in [-0.2, 0) is 30.0 Å². The van der Waals surface area contributed by atoms with E-state index < -0.39 is 11.9 Å². The number of rotatable bonds is 0. The first kappa shape index (κ1) is 22.7. The van der Waals surface area contributed by atoms with E-state index in [-0.39, 0.29) is 26.6 Å². The van der Waals surface area contributed by atoms with Crippen molar-refractivity contribution in [3.05, 3.63) is 0 Å². The van der Waals surface area contributed by atoms with E-state index in [1.165, 1.54) is 0 Å². The van der Waals surface area contributed by atoms with Gasteiger partial charge in [-0.3, -0.25) is 0 Å². The van der Waals surface area contributed by atoms with Crippen molar-refractivity contribution in [2.45, 2.75) is 13.8 Å². The van der Waals surface area contributed by atoms with Crippen molar-refractivity contribution >= 4 is 11.9 Å². The number of carboxylic acid groups (broad SMARTS) is 2. The fourth-order valence-corrected chi connectivity index (χ4v) is 0. The Balaban J connectivity index is -0.0000000300. The summed E-state index contributed by atoms with van der Waals surface area (Å²) in [5.74, 6) is -2.17. The summed E-state index contributed by atoms with van der Waals surface area (Å²) in [6, 6.07) is 0. The van der Waals surface area contributed by atoms with Crippen molar-refractivity contribution in [2.24, 2.45) is 0 Å². The second-order valence-corrected chi connectivity index (χ2v) is 0.983. The van der Waals surface area contributed by atoms with Crippen molar-refractivity contribution in [3.63, 3.8) is 0 Å². The van der Waals surface area contributed by atoms with Gasteiger partial charge < -0.3 is 26.0 Å². The Kier molecular flexibility index (Phi) is 35.9. The number of hydrogen-bond donors (Lipinski definition) is 1. The maximum absolute atomic E-state index is 8.89. The third-order valence-electron chi connectivity index (χ3n) is 0. The fraction of sp³-hybridized carbons (Fsp3) is 0.500. The van der Waals surface area contributed by atoms with E-state index in [2.05, 4.69) is 0 Å². The normalized spacial score (nSPS) is 5.00. The van der Waals surface area contributed by atoms with Crippen LogP contribution in [0.25, 0.3) is 0 Å². The summed E-state index contributed by atoms with van der Waals surface area (Å²) >= 11 is 0. The average molecular weight is 242 g/mol. The minimum atomic E-state index is -1.08. The maximum atomic E-state index is 8.89. The summed E-state index contributed by atoms with van der Waals surface area (Å²) in [7, 11) is 0. The van der Waals surface area contributed by atoms with Crippen LogP contribution in [0.3, 0.4) is 0 Å². The largest absolute Gasteiger partial charge is 2.00 e.